The number of rotatable bonds is 3. The Morgan fingerprint density at radius 2 is 1.54 bits per heavy atom. The van der Waals surface area contributed by atoms with Gasteiger partial charge in [-0.2, -0.15) is 0 Å². The summed E-state index contributed by atoms with van der Waals surface area (Å²) in [5.41, 5.74) is 2.60. The lowest BCUT2D eigenvalue weighted by atomic mass is 9.48. The smallest absolute Gasteiger partial charge is 0.228 e. The van der Waals surface area contributed by atoms with Crippen LogP contribution in [-0.2, 0) is 20.0 Å². The Labute approximate surface area is 155 Å². The predicted molar refractivity (Wildman–Crippen MR) is 102 cm³/mol. The highest BCUT2D eigenvalue weighted by molar-refractivity contribution is 7.91. The average molecular weight is 374 g/mol. The predicted octanol–water partition coefficient (Wildman–Crippen LogP) is 3.53. The van der Waals surface area contributed by atoms with Crippen LogP contribution in [0.25, 0.3) is 0 Å². The van der Waals surface area contributed by atoms with Crippen LogP contribution in [0.3, 0.4) is 0 Å². The van der Waals surface area contributed by atoms with E-state index in [1.54, 1.807) is 0 Å². The van der Waals surface area contributed by atoms with Crippen molar-refractivity contribution in [3.05, 3.63) is 29.8 Å². The summed E-state index contributed by atoms with van der Waals surface area (Å²) >= 11 is 0. The van der Waals surface area contributed by atoms with E-state index in [1.807, 2.05) is 12.1 Å². The first-order chi connectivity index (χ1) is 12.4. The van der Waals surface area contributed by atoms with E-state index in [9.17, 15) is 13.2 Å². The van der Waals surface area contributed by atoms with Crippen molar-refractivity contribution in [2.24, 2.45) is 23.7 Å². The largest absolute Gasteiger partial charge is 0.326 e. The Bertz CT molecular complexity index is 792. The van der Waals surface area contributed by atoms with Gasteiger partial charge < -0.3 is 5.32 Å². The summed E-state index contributed by atoms with van der Waals surface area (Å²) in [4.78, 5) is 12.3. The molecule has 1 N–H and O–H groups in total. The summed E-state index contributed by atoms with van der Waals surface area (Å²) in [6, 6.07) is 8.42. The lowest BCUT2D eigenvalue weighted by Crippen LogP contribution is -2.48. The highest BCUT2D eigenvalue weighted by Crippen LogP contribution is 2.60. The van der Waals surface area contributed by atoms with Crippen LogP contribution in [0.15, 0.2) is 24.3 Å². The van der Waals surface area contributed by atoms with Crippen LogP contribution >= 0.6 is 0 Å². The third-order valence-electron chi connectivity index (χ3n) is 7.41. The summed E-state index contributed by atoms with van der Waals surface area (Å²) in [6.07, 6.45) is 8.78. The number of carbonyl (C=O) groups is 1. The van der Waals surface area contributed by atoms with Crippen LogP contribution < -0.4 is 5.32 Å². The molecule has 5 aliphatic rings. The molecule has 1 amide bonds. The molecule has 4 aliphatic carbocycles. The molecule has 1 aromatic rings. The lowest BCUT2D eigenvalue weighted by Gasteiger charge is -2.57. The van der Waals surface area contributed by atoms with Crippen molar-refractivity contribution in [3.63, 3.8) is 0 Å². The van der Waals surface area contributed by atoms with Crippen molar-refractivity contribution < 1.29 is 13.2 Å². The Morgan fingerprint density at radius 1 is 0.962 bits per heavy atom. The minimum atomic E-state index is -3.03. The van der Waals surface area contributed by atoms with Crippen LogP contribution in [0.5, 0.6) is 0 Å². The maximum atomic E-state index is 12.3. The second-order valence-corrected chi connectivity index (χ2v) is 11.6. The monoisotopic (exact) mass is 373 g/mol. The van der Waals surface area contributed by atoms with E-state index in [-0.39, 0.29) is 17.4 Å². The van der Waals surface area contributed by atoms with E-state index >= 15 is 0 Å². The minimum Gasteiger partial charge on any atom is -0.326 e. The molecule has 0 radical (unpaired) electrons. The first-order valence-corrected chi connectivity index (χ1v) is 11.8. The number of anilines is 1. The molecule has 1 saturated heterocycles. The highest BCUT2D eigenvalue weighted by atomic mass is 32.2. The first-order valence-electron chi connectivity index (χ1n) is 10.0. The lowest BCUT2D eigenvalue weighted by molar-refractivity contribution is -0.119. The van der Waals surface area contributed by atoms with Gasteiger partial charge in [0.1, 0.15) is 0 Å². The second-order valence-electron chi connectivity index (χ2n) is 9.36. The van der Waals surface area contributed by atoms with Crippen LogP contribution in [0.2, 0.25) is 0 Å². The Morgan fingerprint density at radius 3 is 2.04 bits per heavy atom. The van der Waals surface area contributed by atoms with E-state index < -0.39 is 15.8 Å². The van der Waals surface area contributed by atoms with Gasteiger partial charge in [-0.25, -0.2) is 8.42 Å². The molecule has 1 atom stereocenters. The second kappa shape index (κ2) is 5.82. The van der Waals surface area contributed by atoms with Crippen LogP contribution in [0, 0.1) is 23.7 Å². The first kappa shape index (κ1) is 16.8. The fraction of sp³-hybridized carbons (Fsp3) is 0.667. The molecule has 0 spiro atoms. The van der Waals surface area contributed by atoms with Gasteiger partial charge in [-0.3, -0.25) is 4.79 Å². The van der Waals surface area contributed by atoms with Crippen molar-refractivity contribution in [1.82, 2.24) is 0 Å². The quantitative estimate of drug-likeness (QED) is 0.882. The van der Waals surface area contributed by atoms with Gasteiger partial charge in [-0.15, -0.1) is 0 Å². The van der Waals surface area contributed by atoms with Gasteiger partial charge in [0.25, 0.3) is 0 Å². The Kier molecular flexibility index (Phi) is 3.76. The number of hydrogen-bond donors (Lipinski definition) is 1. The van der Waals surface area contributed by atoms with Crippen molar-refractivity contribution in [3.8, 4) is 0 Å². The molecule has 4 bridgehead atoms. The van der Waals surface area contributed by atoms with Crippen molar-refractivity contribution in [1.29, 1.82) is 0 Å². The summed E-state index contributed by atoms with van der Waals surface area (Å²) in [6.45, 7) is 0. The van der Waals surface area contributed by atoms with Gasteiger partial charge >= 0.3 is 0 Å². The van der Waals surface area contributed by atoms with Crippen LogP contribution in [-0.4, -0.2) is 25.8 Å². The molecule has 1 aromatic carbocycles. The average Bonchev–Trinajstić information content (AvgIpc) is 2.94. The fourth-order valence-corrected chi connectivity index (χ4v) is 8.36. The molecule has 1 heterocycles. The number of nitrogens with one attached hydrogen (secondary N) is 1. The number of hydrogen-bond acceptors (Lipinski definition) is 3. The maximum Gasteiger partial charge on any atom is 0.228 e. The summed E-state index contributed by atoms with van der Waals surface area (Å²) < 4.78 is 23.1. The molecule has 4 nitrogen and oxygen atoms in total. The zero-order valence-corrected chi connectivity index (χ0v) is 15.9. The van der Waals surface area contributed by atoms with Crippen LogP contribution in [0.4, 0.5) is 5.69 Å². The molecule has 4 saturated carbocycles. The van der Waals surface area contributed by atoms with Gasteiger partial charge in [0.2, 0.25) is 5.91 Å². The van der Waals surface area contributed by atoms with E-state index in [2.05, 4.69) is 17.4 Å². The number of amides is 1. The van der Waals surface area contributed by atoms with Gasteiger partial charge in [-0.05, 0) is 85.8 Å². The SMILES string of the molecule is O=C(Nc1ccc(C23CC4CC(CC(C4)C2)C3)cc1)[C@H]1CCS(=O)(=O)C1. The van der Waals surface area contributed by atoms with E-state index in [4.69, 9.17) is 0 Å². The van der Waals surface area contributed by atoms with E-state index in [1.165, 1.54) is 44.1 Å². The molecular formula is C21H27NO3S. The molecule has 0 aromatic heterocycles. The summed E-state index contributed by atoms with van der Waals surface area (Å²) in [7, 11) is -3.03. The Hall–Kier alpha value is -1.36. The zero-order chi connectivity index (χ0) is 17.9. The number of carbonyl (C=O) groups excluding carboxylic acids is 1. The van der Waals surface area contributed by atoms with E-state index in [0.29, 0.717) is 11.8 Å². The van der Waals surface area contributed by atoms with Gasteiger partial charge in [0, 0.05) is 5.69 Å². The Balaban J connectivity index is 1.30. The maximum absolute atomic E-state index is 12.3. The van der Waals surface area contributed by atoms with Gasteiger partial charge in [-0.1, -0.05) is 12.1 Å². The molecule has 0 unspecified atom stereocenters. The summed E-state index contributed by atoms with van der Waals surface area (Å²) in [5.74, 6) is 2.33. The van der Waals surface area contributed by atoms with Gasteiger partial charge in [0.15, 0.2) is 9.84 Å². The minimum absolute atomic E-state index is 0.00973. The van der Waals surface area contributed by atoms with Crippen LogP contribution in [0.1, 0.15) is 50.5 Å². The molecule has 1 aliphatic heterocycles. The third kappa shape index (κ3) is 2.88. The standard InChI is InChI=1S/C21H27NO3S/c23-20(17-5-6-26(24,25)13-17)22-19-3-1-18(2-4-19)21-10-14-7-15(11-21)9-16(8-14)12-21/h1-4,14-17H,5-13H2,(H,22,23)/t14?,15?,16?,17-,21?/m0/s1. The number of sulfone groups is 1. The normalized spacial score (nSPS) is 39.8. The van der Waals surface area contributed by atoms with Crippen molar-refractivity contribution in [2.45, 2.75) is 50.4 Å². The molecule has 26 heavy (non-hydrogen) atoms. The van der Waals surface area contributed by atoms with E-state index in [0.717, 1.165) is 23.4 Å². The highest BCUT2D eigenvalue weighted by Gasteiger charge is 2.51. The molecular weight excluding hydrogens is 346 g/mol. The zero-order valence-electron chi connectivity index (χ0n) is 15.1. The van der Waals surface area contributed by atoms with Crippen molar-refractivity contribution >= 4 is 21.4 Å². The fourth-order valence-electron chi connectivity index (χ4n) is 6.62. The molecule has 140 valence electrons. The molecule has 6 rings (SSSR count). The van der Waals surface area contributed by atoms with Gasteiger partial charge in [0.05, 0.1) is 17.4 Å². The number of benzene rings is 1. The topological polar surface area (TPSA) is 63.2 Å². The third-order valence-corrected chi connectivity index (χ3v) is 9.17. The summed E-state index contributed by atoms with van der Waals surface area (Å²) in [5, 5.41) is 2.92. The molecule has 5 fully saturated rings. The van der Waals surface area contributed by atoms with Crippen molar-refractivity contribution in [2.75, 3.05) is 16.8 Å². The molecule has 5 heteroatoms.